The van der Waals surface area contributed by atoms with Gasteiger partial charge >= 0.3 is 0 Å². The Morgan fingerprint density at radius 3 is 2.69 bits per heavy atom. The average Bonchev–Trinajstić information content (AvgIpc) is 3.41. The molecule has 5 rings (SSSR count). The maximum atomic E-state index is 13.2. The molecular weight excluding hydrogens is 470 g/mol. The minimum absolute atomic E-state index is 0.123. The lowest BCUT2D eigenvalue weighted by Crippen LogP contribution is -2.40. The Hall–Kier alpha value is -2.99. The van der Waals surface area contributed by atoms with Crippen LogP contribution in [-0.2, 0) is 26.0 Å². The number of morpholine rings is 1. The van der Waals surface area contributed by atoms with E-state index in [-0.39, 0.29) is 23.1 Å². The zero-order valence-electron chi connectivity index (χ0n) is 19.3. The van der Waals surface area contributed by atoms with Crippen molar-refractivity contribution in [1.29, 1.82) is 0 Å². The number of nitrogens with zero attached hydrogens (tertiary/aromatic N) is 2. The number of hydrogen-bond acceptors (Lipinski definition) is 8. The van der Waals surface area contributed by atoms with Gasteiger partial charge in [-0.2, -0.15) is 4.31 Å². The molecule has 1 aromatic heterocycles. The van der Waals surface area contributed by atoms with Crippen molar-refractivity contribution in [2.75, 3.05) is 50.1 Å². The third kappa shape index (κ3) is 5.32. The van der Waals surface area contributed by atoms with Gasteiger partial charge in [-0.25, -0.2) is 13.4 Å². The fourth-order valence-electron chi connectivity index (χ4n) is 4.35. The zero-order chi connectivity index (χ0) is 24.3. The first-order valence-corrected chi connectivity index (χ1v) is 13.2. The van der Waals surface area contributed by atoms with Crippen LogP contribution >= 0.6 is 0 Å². The summed E-state index contributed by atoms with van der Waals surface area (Å²) in [6.07, 6.45) is 2.15. The highest BCUT2D eigenvalue weighted by molar-refractivity contribution is 7.89. The summed E-state index contributed by atoms with van der Waals surface area (Å²) in [5, 5.41) is 7.17. The van der Waals surface area contributed by atoms with Crippen LogP contribution in [0.2, 0.25) is 0 Å². The van der Waals surface area contributed by atoms with E-state index in [1.165, 1.54) is 4.31 Å². The van der Waals surface area contributed by atoms with Crippen molar-refractivity contribution < 1.29 is 17.9 Å². The molecule has 3 N–H and O–H groups in total. The number of nitrogens with one attached hydrogen (secondary N) is 3. The molecule has 0 saturated carbocycles. The lowest BCUT2D eigenvalue weighted by Gasteiger charge is -2.26. The first kappa shape index (κ1) is 23.7. The Morgan fingerprint density at radius 2 is 1.89 bits per heavy atom. The molecule has 35 heavy (non-hydrogen) atoms. The summed E-state index contributed by atoms with van der Waals surface area (Å²) in [5.74, 6) is 0.459. The predicted molar refractivity (Wildman–Crippen MR) is 133 cm³/mol. The van der Waals surface area contributed by atoms with E-state index < -0.39 is 10.0 Å². The Kier molecular flexibility index (Phi) is 7.00. The van der Waals surface area contributed by atoms with Crippen LogP contribution in [0.3, 0.4) is 0 Å². The SMILES string of the molecule is O=c1[nH]c(CNc2cc(S(=O)(=O)N3CCOCC3)ccc2NC[C@@H]2CCCO2)nc2ccccc12. The molecule has 0 radical (unpaired) electrons. The third-order valence-corrected chi connectivity index (χ3v) is 8.15. The molecule has 1 atom stereocenters. The highest BCUT2D eigenvalue weighted by Gasteiger charge is 2.27. The number of para-hydroxylation sites is 1. The van der Waals surface area contributed by atoms with Gasteiger partial charge in [-0.15, -0.1) is 0 Å². The molecule has 0 amide bonds. The Morgan fingerprint density at radius 1 is 1.06 bits per heavy atom. The van der Waals surface area contributed by atoms with Crippen molar-refractivity contribution in [3.63, 3.8) is 0 Å². The molecule has 2 aliphatic rings. The van der Waals surface area contributed by atoms with Gasteiger partial charge in [0.1, 0.15) is 5.82 Å². The van der Waals surface area contributed by atoms with Crippen LogP contribution in [0.25, 0.3) is 10.9 Å². The van der Waals surface area contributed by atoms with Crippen LogP contribution in [0, 0.1) is 0 Å². The van der Waals surface area contributed by atoms with Crippen molar-refractivity contribution in [1.82, 2.24) is 14.3 Å². The van der Waals surface area contributed by atoms with Gasteiger partial charge in [0, 0.05) is 26.2 Å². The monoisotopic (exact) mass is 499 g/mol. The second-order valence-electron chi connectivity index (χ2n) is 8.62. The van der Waals surface area contributed by atoms with E-state index in [1.54, 1.807) is 36.4 Å². The smallest absolute Gasteiger partial charge is 0.258 e. The molecule has 3 heterocycles. The van der Waals surface area contributed by atoms with E-state index in [4.69, 9.17) is 9.47 Å². The van der Waals surface area contributed by atoms with Crippen molar-refractivity contribution >= 4 is 32.3 Å². The largest absolute Gasteiger partial charge is 0.381 e. The second-order valence-corrected chi connectivity index (χ2v) is 10.6. The summed E-state index contributed by atoms with van der Waals surface area (Å²) >= 11 is 0. The molecule has 0 unspecified atom stereocenters. The molecule has 11 heteroatoms. The number of aromatic nitrogens is 2. The van der Waals surface area contributed by atoms with Gasteiger partial charge in [-0.1, -0.05) is 12.1 Å². The Balaban J connectivity index is 1.41. The highest BCUT2D eigenvalue weighted by atomic mass is 32.2. The number of ether oxygens (including phenoxy) is 2. The fourth-order valence-corrected chi connectivity index (χ4v) is 5.78. The molecule has 10 nitrogen and oxygen atoms in total. The number of fused-ring (bicyclic) bond motifs is 1. The molecule has 3 aromatic rings. The average molecular weight is 500 g/mol. The first-order valence-electron chi connectivity index (χ1n) is 11.8. The summed E-state index contributed by atoms with van der Waals surface area (Å²) in [6.45, 7) is 3.01. The summed E-state index contributed by atoms with van der Waals surface area (Å²) in [5.41, 5.74) is 1.75. The maximum Gasteiger partial charge on any atom is 0.258 e. The number of rotatable bonds is 8. The quantitative estimate of drug-likeness (QED) is 0.431. The van der Waals surface area contributed by atoms with Crippen LogP contribution in [0.1, 0.15) is 18.7 Å². The van der Waals surface area contributed by atoms with Crippen molar-refractivity contribution in [2.24, 2.45) is 0 Å². The summed E-state index contributed by atoms with van der Waals surface area (Å²) in [4.78, 5) is 20.0. The molecule has 0 bridgehead atoms. The van der Waals surface area contributed by atoms with Gasteiger partial charge in [-0.3, -0.25) is 4.79 Å². The van der Waals surface area contributed by atoms with Gasteiger partial charge in [-0.05, 0) is 43.2 Å². The highest BCUT2D eigenvalue weighted by Crippen LogP contribution is 2.28. The summed E-state index contributed by atoms with van der Waals surface area (Å²) < 4.78 is 38.9. The van der Waals surface area contributed by atoms with E-state index >= 15 is 0 Å². The number of hydrogen-bond donors (Lipinski definition) is 3. The fraction of sp³-hybridized carbons (Fsp3) is 0.417. The Bertz CT molecular complexity index is 1350. The number of benzene rings is 2. The number of H-pyrrole nitrogens is 1. The van der Waals surface area contributed by atoms with Crippen molar-refractivity contribution in [3.8, 4) is 0 Å². The minimum atomic E-state index is -3.66. The second kappa shape index (κ2) is 10.3. The van der Waals surface area contributed by atoms with Crippen LogP contribution in [0.5, 0.6) is 0 Å². The lowest BCUT2D eigenvalue weighted by molar-refractivity contribution is 0.0730. The minimum Gasteiger partial charge on any atom is -0.381 e. The standard InChI is InChI=1S/C24H29N5O5S/c30-24-19-5-1-2-6-20(19)27-23(28-24)16-26-22-14-18(35(31,32)29-9-12-33-13-10-29)7-8-21(22)25-15-17-4-3-11-34-17/h1-2,5-8,14,17,25-26H,3-4,9-13,15-16H2,(H,27,28,30)/t17-/m0/s1. The molecule has 2 saturated heterocycles. The van der Waals surface area contributed by atoms with Crippen molar-refractivity contribution in [2.45, 2.75) is 30.4 Å². The number of aromatic amines is 1. The molecule has 2 fully saturated rings. The van der Waals surface area contributed by atoms with Gasteiger partial charge < -0.3 is 25.1 Å². The third-order valence-electron chi connectivity index (χ3n) is 6.25. The molecule has 0 spiro atoms. The van der Waals surface area contributed by atoms with Crippen molar-refractivity contribution in [3.05, 3.63) is 58.6 Å². The lowest BCUT2D eigenvalue weighted by atomic mass is 10.2. The molecule has 186 valence electrons. The summed E-state index contributed by atoms with van der Waals surface area (Å²) in [6, 6.07) is 12.2. The predicted octanol–water partition coefficient (Wildman–Crippen LogP) is 2.15. The van der Waals surface area contributed by atoms with Gasteiger partial charge in [0.05, 0.1) is 53.0 Å². The first-order chi connectivity index (χ1) is 17.0. The summed E-state index contributed by atoms with van der Waals surface area (Å²) in [7, 11) is -3.66. The normalized spacial score (nSPS) is 19.1. The van der Waals surface area contributed by atoms with Crippen LogP contribution in [0.15, 0.2) is 52.2 Å². The van der Waals surface area contributed by atoms with E-state index in [2.05, 4.69) is 20.6 Å². The van der Waals surface area contributed by atoms with E-state index in [9.17, 15) is 13.2 Å². The van der Waals surface area contributed by atoms with E-state index in [0.717, 1.165) is 25.1 Å². The number of sulfonamides is 1. The molecule has 2 aromatic carbocycles. The molecule has 2 aliphatic heterocycles. The van der Waals surface area contributed by atoms with E-state index in [1.807, 2.05) is 6.07 Å². The maximum absolute atomic E-state index is 13.2. The molecule has 0 aliphatic carbocycles. The van der Waals surface area contributed by atoms with Crippen LogP contribution in [0.4, 0.5) is 11.4 Å². The Labute approximate surface area is 203 Å². The molecular formula is C24H29N5O5S. The van der Waals surface area contributed by atoms with Gasteiger partial charge in [0.2, 0.25) is 10.0 Å². The van der Waals surface area contributed by atoms with Crippen LogP contribution in [-0.4, -0.2) is 68.2 Å². The number of anilines is 2. The van der Waals surface area contributed by atoms with Gasteiger partial charge in [0.25, 0.3) is 5.56 Å². The van der Waals surface area contributed by atoms with Crippen LogP contribution < -0.4 is 16.2 Å². The van der Waals surface area contributed by atoms with E-state index in [0.29, 0.717) is 55.3 Å². The van der Waals surface area contributed by atoms with Gasteiger partial charge in [0.15, 0.2) is 0 Å². The zero-order valence-corrected chi connectivity index (χ0v) is 20.1. The topological polar surface area (TPSA) is 126 Å².